The molecule has 0 aromatic carbocycles. The van der Waals surface area contributed by atoms with Crippen LogP contribution < -0.4 is 0 Å². The number of rotatable bonds is 4. The molecule has 0 aliphatic heterocycles. The molecule has 0 aromatic heterocycles. The number of carbonyl (C=O) groups excluding carboxylic acids is 1. The molecule has 9 heteroatoms. The molecule has 0 heterocycles. The monoisotopic (exact) mass is 408 g/mol. The van der Waals surface area contributed by atoms with Gasteiger partial charge in [0, 0.05) is 0 Å². The predicted octanol–water partition coefficient (Wildman–Crippen LogP) is 5.10. The Bertz CT molecular complexity index is 339. The summed E-state index contributed by atoms with van der Waals surface area (Å²) in [4.78, 5) is 12.3. The summed E-state index contributed by atoms with van der Waals surface area (Å²) in [6, 6.07) is 0. The van der Waals surface area contributed by atoms with E-state index in [1.165, 1.54) is 0 Å². The van der Waals surface area contributed by atoms with E-state index in [2.05, 4.69) is 58.9 Å². The van der Waals surface area contributed by atoms with E-state index in [1.807, 2.05) is 0 Å². The fourth-order valence-electron chi connectivity index (χ4n) is 4.03. The molecule has 0 amide bonds. The number of carbonyl (C=O) groups is 1. The summed E-state index contributed by atoms with van der Waals surface area (Å²) in [5.74, 6) is -0.665. The van der Waals surface area contributed by atoms with Crippen LogP contribution >= 0.6 is 34.8 Å². The summed E-state index contributed by atoms with van der Waals surface area (Å²) in [5.41, 5.74) is 0. The van der Waals surface area contributed by atoms with Gasteiger partial charge in [-0.25, -0.2) is 4.79 Å². The Labute approximate surface area is 142 Å². The third kappa shape index (κ3) is 4.14. The number of hydrogen-bond donors (Lipinski definition) is 0. The maximum absolute atomic E-state index is 12.3. The topological polar surface area (TPSA) is 26.3 Å². The lowest BCUT2D eigenvalue weighted by Crippen LogP contribution is -2.85. The molecule has 0 aromatic rings. The third-order valence-electron chi connectivity index (χ3n) is 3.65. The van der Waals surface area contributed by atoms with Crippen molar-refractivity contribution in [2.24, 2.45) is 0 Å². The summed E-state index contributed by atoms with van der Waals surface area (Å²) in [6.45, 7) is 18.5. The standard InChI is InChI=1S/C11H27Cl3O2Si4/c1-17(2,3)20(18(4,5)6,19(7,8)9)16-10(15)11(12,13)14/h1-9H3. The summed E-state index contributed by atoms with van der Waals surface area (Å²) >= 11 is 17.3. The summed E-state index contributed by atoms with van der Waals surface area (Å²) < 4.78 is 4.21. The Kier molecular flexibility index (Phi) is 6.38. The molecular weight excluding hydrogens is 383 g/mol. The summed E-state index contributed by atoms with van der Waals surface area (Å²) in [6.07, 6.45) is 0. The van der Waals surface area contributed by atoms with Crippen LogP contribution in [-0.4, -0.2) is 39.4 Å². The van der Waals surface area contributed by atoms with Crippen LogP contribution in [0.4, 0.5) is 0 Å². The van der Waals surface area contributed by atoms with E-state index in [9.17, 15) is 4.79 Å². The molecule has 0 radical (unpaired) electrons. The van der Waals surface area contributed by atoms with Crippen molar-refractivity contribution < 1.29 is 9.22 Å². The fourth-order valence-corrected chi connectivity index (χ4v) is 97.0. The highest BCUT2D eigenvalue weighted by atomic mass is 35.6. The summed E-state index contributed by atoms with van der Waals surface area (Å²) in [5, 5.41) is 0. The lowest BCUT2D eigenvalue weighted by molar-refractivity contribution is -0.133. The average molecular weight is 410 g/mol. The van der Waals surface area contributed by atoms with Crippen molar-refractivity contribution in [2.45, 2.75) is 62.7 Å². The van der Waals surface area contributed by atoms with E-state index < -0.39 is 39.4 Å². The van der Waals surface area contributed by atoms with Crippen molar-refractivity contribution >= 4 is 70.4 Å². The first-order valence-electron chi connectivity index (χ1n) is 6.68. The first kappa shape index (κ1) is 21.2. The van der Waals surface area contributed by atoms with Gasteiger partial charge in [0.1, 0.15) is 0 Å². The highest BCUT2D eigenvalue weighted by molar-refractivity contribution is 7.87. The summed E-state index contributed by atoms with van der Waals surface area (Å²) in [7, 11) is -5.12. The maximum Gasteiger partial charge on any atom is 0.344 e. The van der Waals surface area contributed by atoms with Gasteiger partial charge in [0.05, 0.1) is 22.8 Å². The second-order valence-electron chi connectivity index (χ2n) is 8.32. The van der Waals surface area contributed by atoms with Crippen LogP contribution in [0.1, 0.15) is 0 Å². The van der Waals surface area contributed by atoms with E-state index >= 15 is 0 Å². The minimum atomic E-state index is -2.26. The van der Waals surface area contributed by atoms with E-state index in [1.54, 1.807) is 0 Å². The number of hydrogen-bond acceptors (Lipinski definition) is 2. The van der Waals surface area contributed by atoms with Crippen molar-refractivity contribution in [3.63, 3.8) is 0 Å². The third-order valence-corrected chi connectivity index (χ3v) is 71.4. The van der Waals surface area contributed by atoms with Crippen molar-refractivity contribution in [2.75, 3.05) is 0 Å². The molecule has 0 unspecified atom stereocenters. The normalized spacial score (nSPS) is 15.2. The molecule has 0 saturated carbocycles. The second kappa shape index (κ2) is 6.01. The predicted molar refractivity (Wildman–Crippen MR) is 102 cm³/mol. The van der Waals surface area contributed by atoms with Gasteiger partial charge < -0.3 is 4.43 Å². The van der Waals surface area contributed by atoms with Crippen LogP contribution in [-0.2, 0) is 9.22 Å². The van der Waals surface area contributed by atoms with Crippen LogP contribution in [0.5, 0.6) is 0 Å². The van der Waals surface area contributed by atoms with Gasteiger partial charge in [-0.15, -0.1) is 0 Å². The molecule has 0 fully saturated rings. The molecule has 0 atom stereocenters. The zero-order chi connectivity index (χ0) is 16.8. The Morgan fingerprint density at radius 1 is 0.750 bits per heavy atom. The van der Waals surface area contributed by atoms with Gasteiger partial charge in [-0.05, 0) is 0 Å². The van der Waals surface area contributed by atoms with Crippen molar-refractivity contribution in [3.05, 3.63) is 0 Å². The second-order valence-corrected chi connectivity index (χ2v) is 50.0. The van der Waals surface area contributed by atoms with Gasteiger partial charge in [0.15, 0.2) is 0 Å². The molecule has 0 spiro atoms. The van der Waals surface area contributed by atoms with Crippen LogP contribution in [0.2, 0.25) is 58.9 Å². The number of alkyl halides is 3. The van der Waals surface area contributed by atoms with Crippen molar-refractivity contribution in [1.82, 2.24) is 0 Å². The van der Waals surface area contributed by atoms with Gasteiger partial charge in [-0.1, -0.05) is 93.7 Å². The Morgan fingerprint density at radius 2 is 1.00 bits per heavy atom. The van der Waals surface area contributed by atoms with Crippen molar-refractivity contribution in [1.29, 1.82) is 0 Å². The van der Waals surface area contributed by atoms with Gasteiger partial charge in [0.2, 0.25) is 6.87 Å². The highest BCUT2D eigenvalue weighted by Crippen LogP contribution is 2.40. The van der Waals surface area contributed by atoms with Gasteiger partial charge in [-0.3, -0.25) is 0 Å². The van der Waals surface area contributed by atoms with Crippen LogP contribution in [0.25, 0.3) is 0 Å². The van der Waals surface area contributed by atoms with Crippen LogP contribution in [0, 0.1) is 0 Å². The number of halogens is 3. The zero-order valence-electron chi connectivity index (χ0n) is 14.0. The molecule has 120 valence electrons. The molecule has 0 bridgehead atoms. The maximum atomic E-state index is 12.3. The Balaban J connectivity index is 6.15. The average Bonchev–Trinajstić information content (AvgIpc) is 2.04. The smallest absolute Gasteiger partial charge is 0.344 e. The molecule has 0 N–H and O–H groups in total. The molecule has 0 rings (SSSR count). The highest BCUT2D eigenvalue weighted by Gasteiger charge is 2.66. The van der Waals surface area contributed by atoms with E-state index in [-0.39, 0.29) is 0 Å². The molecule has 2 nitrogen and oxygen atoms in total. The van der Waals surface area contributed by atoms with Gasteiger partial charge >= 0.3 is 5.97 Å². The van der Waals surface area contributed by atoms with E-state index in [4.69, 9.17) is 39.2 Å². The first-order chi connectivity index (χ1) is 8.38. The minimum absolute atomic E-state index is 0.665. The Morgan fingerprint density at radius 3 is 1.15 bits per heavy atom. The quantitative estimate of drug-likeness (QED) is 0.477. The van der Waals surface area contributed by atoms with Gasteiger partial charge in [0.25, 0.3) is 3.79 Å². The largest absolute Gasteiger partial charge is 0.525 e. The molecule has 0 aliphatic rings. The minimum Gasteiger partial charge on any atom is -0.525 e. The molecular formula is C11H27Cl3O2Si4. The molecule has 0 aliphatic carbocycles. The van der Waals surface area contributed by atoms with E-state index in [0.29, 0.717) is 0 Å². The van der Waals surface area contributed by atoms with Crippen LogP contribution in [0.3, 0.4) is 0 Å². The van der Waals surface area contributed by atoms with E-state index in [0.717, 1.165) is 0 Å². The fraction of sp³-hybridized carbons (Fsp3) is 0.909. The lowest BCUT2D eigenvalue weighted by atomic mass is 10.8. The molecule has 0 saturated heterocycles. The Hall–Kier alpha value is 1.21. The lowest BCUT2D eigenvalue weighted by Gasteiger charge is -2.55. The zero-order valence-corrected chi connectivity index (χ0v) is 20.2. The first-order valence-corrected chi connectivity index (χ1v) is 23.2. The van der Waals surface area contributed by atoms with Crippen LogP contribution in [0.15, 0.2) is 0 Å². The molecule has 20 heavy (non-hydrogen) atoms. The van der Waals surface area contributed by atoms with Gasteiger partial charge in [-0.2, -0.15) is 0 Å². The SMILES string of the molecule is C[Si](C)(C)[Si](OC(=O)C(Cl)(Cl)Cl)([Si](C)(C)C)[Si](C)(C)C. The van der Waals surface area contributed by atoms with Crippen molar-refractivity contribution in [3.8, 4) is 0 Å².